The fourth-order valence-electron chi connectivity index (χ4n) is 3.67. The highest BCUT2D eigenvalue weighted by Crippen LogP contribution is 2.31. The fourth-order valence-corrected chi connectivity index (χ4v) is 3.67. The summed E-state index contributed by atoms with van der Waals surface area (Å²) in [7, 11) is 0. The largest absolute Gasteiger partial charge is 0.369 e. The first-order valence-electron chi connectivity index (χ1n) is 8.33. The molecule has 1 atom stereocenters. The molecule has 2 aromatic rings. The summed E-state index contributed by atoms with van der Waals surface area (Å²) in [5.74, 6) is -0.00586. The summed E-state index contributed by atoms with van der Waals surface area (Å²) < 4.78 is 6.17. The predicted octanol–water partition coefficient (Wildman–Crippen LogP) is 1.32. The normalized spacial score (nSPS) is 24.3. The second-order valence-electron chi connectivity index (χ2n) is 6.46. The number of carbonyl (C=O) groups excluding carboxylic acids is 1. The summed E-state index contributed by atoms with van der Waals surface area (Å²) in [6.07, 6.45) is 7.28. The van der Waals surface area contributed by atoms with Crippen molar-refractivity contribution in [1.82, 2.24) is 20.1 Å². The van der Waals surface area contributed by atoms with Crippen LogP contribution in [0.5, 0.6) is 0 Å². The van der Waals surface area contributed by atoms with Crippen LogP contribution < -0.4 is 4.90 Å². The number of nitrogens with one attached hydrogen (secondary N) is 1. The van der Waals surface area contributed by atoms with Crippen LogP contribution in [0.4, 0.5) is 5.69 Å². The first kappa shape index (κ1) is 15.1. The first-order chi connectivity index (χ1) is 11.8. The number of morpholine rings is 1. The zero-order chi connectivity index (χ0) is 16.4. The van der Waals surface area contributed by atoms with Crippen LogP contribution in [-0.4, -0.2) is 64.4 Å². The molecule has 24 heavy (non-hydrogen) atoms. The lowest BCUT2D eigenvalue weighted by molar-refractivity contribution is -0.105. The number of carbonyl (C=O) groups is 1. The molecule has 2 saturated heterocycles. The average Bonchev–Trinajstić information content (AvgIpc) is 3.17. The zero-order valence-electron chi connectivity index (χ0n) is 13.5. The number of aromatic nitrogens is 3. The van der Waals surface area contributed by atoms with Gasteiger partial charge >= 0.3 is 0 Å². The molecule has 0 saturated carbocycles. The lowest BCUT2D eigenvalue weighted by atomic mass is 9.90. The van der Waals surface area contributed by atoms with E-state index in [9.17, 15) is 4.79 Å². The van der Waals surface area contributed by atoms with Gasteiger partial charge in [-0.15, -0.1) is 0 Å². The van der Waals surface area contributed by atoms with Gasteiger partial charge in [0.25, 0.3) is 5.91 Å². The Morgan fingerprint density at radius 2 is 2.21 bits per heavy atom. The Bertz CT molecular complexity index is 686. The van der Waals surface area contributed by atoms with Crippen molar-refractivity contribution in [3.63, 3.8) is 0 Å². The molecule has 1 amide bonds. The SMILES string of the molecule is O=C(c1ccn[nH]1)N1CCO[C@@]2(CCCN(c3cccnc3)C2)C1. The third-order valence-corrected chi connectivity index (χ3v) is 4.82. The molecule has 0 aliphatic carbocycles. The van der Waals surface area contributed by atoms with E-state index in [0.29, 0.717) is 25.4 Å². The van der Waals surface area contributed by atoms with Crippen molar-refractivity contribution in [3.8, 4) is 0 Å². The highest BCUT2D eigenvalue weighted by Gasteiger charge is 2.42. The van der Waals surface area contributed by atoms with Crippen molar-refractivity contribution in [2.24, 2.45) is 0 Å². The second kappa shape index (κ2) is 6.24. The van der Waals surface area contributed by atoms with Crippen LogP contribution in [0.25, 0.3) is 0 Å². The Balaban J connectivity index is 1.50. The highest BCUT2D eigenvalue weighted by atomic mass is 16.5. The number of aromatic amines is 1. The number of hydrogen-bond donors (Lipinski definition) is 1. The molecule has 0 aromatic carbocycles. The van der Waals surface area contributed by atoms with Gasteiger partial charge in [-0.2, -0.15) is 5.10 Å². The van der Waals surface area contributed by atoms with Crippen LogP contribution in [0, 0.1) is 0 Å². The maximum absolute atomic E-state index is 12.6. The van der Waals surface area contributed by atoms with Gasteiger partial charge in [-0.05, 0) is 31.0 Å². The van der Waals surface area contributed by atoms with Crippen molar-refractivity contribution >= 4 is 11.6 Å². The minimum absolute atomic E-state index is 0.00586. The molecule has 2 aliphatic heterocycles. The lowest BCUT2D eigenvalue weighted by Gasteiger charge is -2.48. The van der Waals surface area contributed by atoms with E-state index in [1.165, 1.54) is 0 Å². The molecule has 1 N–H and O–H groups in total. The lowest BCUT2D eigenvalue weighted by Crippen LogP contribution is -2.60. The van der Waals surface area contributed by atoms with Crippen LogP contribution >= 0.6 is 0 Å². The number of H-pyrrole nitrogens is 1. The summed E-state index contributed by atoms with van der Waals surface area (Å²) in [5.41, 5.74) is 1.34. The molecule has 7 heteroatoms. The topological polar surface area (TPSA) is 74.3 Å². The van der Waals surface area contributed by atoms with Gasteiger partial charge in [0.05, 0.1) is 25.0 Å². The average molecular weight is 327 g/mol. The summed E-state index contributed by atoms with van der Waals surface area (Å²) in [4.78, 5) is 21.0. The molecule has 0 radical (unpaired) electrons. The van der Waals surface area contributed by atoms with Gasteiger partial charge in [-0.3, -0.25) is 14.9 Å². The van der Waals surface area contributed by atoms with E-state index in [-0.39, 0.29) is 11.5 Å². The number of nitrogens with zero attached hydrogens (tertiary/aromatic N) is 4. The number of anilines is 1. The number of ether oxygens (including phenoxy) is 1. The molecule has 2 aliphatic rings. The fraction of sp³-hybridized carbons (Fsp3) is 0.471. The Labute approximate surface area is 140 Å². The third kappa shape index (κ3) is 2.87. The molecule has 7 nitrogen and oxygen atoms in total. The quantitative estimate of drug-likeness (QED) is 0.900. The van der Waals surface area contributed by atoms with Gasteiger partial charge in [-0.1, -0.05) is 0 Å². The number of pyridine rings is 1. The van der Waals surface area contributed by atoms with Crippen molar-refractivity contribution < 1.29 is 9.53 Å². The van der Waals surface area contributed by atoms with Crippen molar-refractivity contribution in [2.45, 2.75) is 18.4 Å². The van der Waals surface area contributed by atoms with Gasteiger partial charge in [0.15, 0.2) is 0 Å². The standard InChI is InChI=1S/C17H21N5O2/c23-16(15-4-7-19-20-15)22-9-10-24-17(13-22)5-2-8-21(12-17)14-3-1-6-18-11-14/h1,3-4,6-7,11H,2,5,8-10,12-13H2,(H,19,20)/t17-/m1/s1. The molecule has 126 valence electrons. The monoisotopic (exact) mass is 327 g/mol. The van der Waals surface area contributed by atoms with E-state index in [1.54, 1.807) is 18.5 Å². The molecular weight excluding hydrogens is 306 g/mol. The van der Waals surface area contributed by atoms with Crippen molar-refractivity contribution in [3.05, 3.63) is 42.5 Å². The van der Waals surface area contributed by atoms with Crippen LogP contribution in [-0.2, 0) is 4.74 Å². The summed E-state index contributed by atoms with van der Waals surface area (Å²) in [6, 6.07) is 5.74. The van der Waals surface area contributed by atoms with E-state index in [1.807, 2.05) is 17.2 Å². The molecule has 1 spiro atoms. The number of rotatable bonds is 2. The summed E-state index contributed by atoms with van der Waals surface area (Å²) in [6.45, 7) is 3.58. The van der Waals surface area contributed by atoms with Gasteiger partial charge in [-0.25, -0.2) is 0 Å². The molecule has 0 unspecified atom stereocenters. The minimum Gasteiger partial charge on any atom is -0.369 e. The molecule has 4 heterocycles. The molecule has 2 fully saturated rings. The van der Waals surface area contributed by atoms with Gasteiger partial charge in [0.2, 0.25) is 0 Å². The van der Waals surface area contributed by atoms with Crippen LogP contribution in [0.2, 0.25) is 0 Å². The number of piperidine rings is 1. The van der Waals surface area contributed by atoms with Gasteiger partial charge in [0, 0.05) is 32.0 Å². The predicted molar refractivity (Wildman–Crippen MR) is 88.9 cm³/mol. The second-order valence-corrected chi connectivity index (χ2v) is 6.46. The van der Waals surface area contributed by atoms with Crippen molar-refractivity contribution in [2.75, 3.05) is 37.7 Å². The molecule has 0 bridgehead atoms. The van der Waals surface area contributed by atoms with Gasteiger partial charge in [0.1, 0.15) is 11.3 Å². The highest BCUT2D eigenvalue weighted by molar-refractivity contribution is 5.92. The number of hydrogen-bond acceptors (Lipinski definition) is 5. The molecular formula is C17H21N5O2. The van der Waals surface area contributed by atoms with Gasteiger partial charge < -0.3 is 14.5 Å². The maximum atomic E-state index is 12.6. The van der Waals surface area contributed by atoms with Crippen LogP contribution in [0.1, 0.15) is 23.3 Å². The Hall–Kier alpha value is -2.41. The Morgan fingerprint density at radius 3 is 3.00 bits per heavy atom. The van der Waals surface area contributed by atoms with Crippen molar-refractivity contribution in [1.29, 1.82) is 0 Å². The Morgan fingerprint density at radius 1 is 1.25 bits per heavy atom. The van der Waals surface area contributed by atoms with E-state index < -0.39 is 0 Å². The third-order valence-electron chi connectivity index (χ3n) is 4.82. The smallest absolute Gasteiger partial charge is 0.272 e. The molecule has 4 rings (SSSR count). The summed E-state index contributed by atoms with van der Waals surface area (Å²) in [5, 5.41) is 6.63. The molecule has 2 aromatic heterocycles. The van der Waals surface area contributed by atoms with E-state index >= 15 is 0 Å². The maximum Gasteiger partial charge on any atom is 0.272 e. The number of amides is 1. The summed E-state index contributed by atoms with van der Waals surface area (Å²) >= 11 is 0. The van der Waals surface area contributed by atoms with Crippen LogP contribution in [0.3, 0.4) is 0 Å². The first-order valence-corrected chi connectivity index (χ1v) is 8.33. The van der Waals surface area contributed by atoms with E-state index in [4.69, 9.17) is 4.74 Å². The zero-order valence-corrected chi connectivity index (χ0v) is 13.5. The Kier molecular flexibility index (Phi) is 3.93. The minimum atomic E-state index is -0.304. The van der Waals surface area contributed by atoms with E-state index in [2.05, 4.69) is 26.1 Å². The van der Waals surface area contributed by atoms with E-state index in [0.717, 1.165) is 31.6 Å². The van der Waals surface area contributed by atoms with Crippen LogP contribution in [0.15, 0.2) is 36.8 Å².